The van der Waals surface area contributed by atoms with Gasteiger partial charge in [0.15, 0.2) is 0 Å². The number of hydrogen-bond donors (Lipinski definition) is 1. The van der Waals surface area contributed by atoms with Crippen LogP contribution in [0.4, 0.5) is 0 Å². The van der Waals surface area contributed by atoms with Gasteiger partial charge in [-0.3, -0.25) is 0 Å². The Morgan fingerprint density at radius 2 is 1.33 bits per heavy atom. The second-order valence-electron chi connectivity index (χ2n) is 10.3. The van der Waals surface area contributed by atoms with Crippen LogP contribution in [0.3, 0.4) is 0 Å². The number of aryl methyl sites for hydroxylation is 1. The first-order valence-electron chi connectivity index (χ1n) is 14.3. The minimum atomic E-state index is -0.926. The molecule has 0 aliphatic rings. The lowest BCUT2D eigenvalue weighted by Gasteiger charge is -2.21. The monoisotopic (exact) mass is 520 g/mol. The Kier molecular flexibility index (Phi) is 10.4. The number of benzene rings is 4. The fraction of sp³-hybridized carbons (Fsp3) is 0.306. The van der Waals surface area contributed by atoms with E-state index in [9.17, 15) is 9.90 Å². The van der Waals surface area contributed by atoms with Crippen molar-refractivity contribution < 1.29 is 14.6 Å². The summed E-state index contributed by atoms with van der Waals surface area (Å²) in [5.41, 5.74) is 7.87. The largest absolute Gasteiger partial charge is 0.493 e. The molecular weight excluding hydrogens is 480 g/mol. The van der Waals surface area contributed by atoms with Crippen LogP contribution >= 0.6 is 0 Å². The summed E-state index contributed by atoms with van der Waals surface area (Å²) < 4.78 is 6.48. The van der Waals surface area contributed by atoms with E-state index in [0.717, 1.165) is 45.6 Å². The number of unbranched alkanes of at least 4 members (excludes halogenated alkanes) is 7. The van der Waals surface area contributed by atoms with E-state index in [1.54, 1.807) is 12.1 Å². The van der Waals surface area contributed by atoms with E-state index in [0.29, 0.717) is 6.61 Å². The molecule has 4 aromatic rings. The summed E-state index contributed by atoms with van der Waals surface area (Å²) in [6.45, 7) is 5.02. The van der Waals surface area contributed by atoms with Crippen molar-refractivity contribution in [3.05, 3.63) is 102 Å². The molecule has 4 aromatic carbocycles. The first kappa shape index (κ1) is 28.2. The maximum Gasteiger partial charge on any atom is 0.335 e. The molecule has 0 fully saturated rings. The van der Waals surface area contributed by atoms with E-state index < -0.39 is 5.97 Å². The molecule has 0 atom stereocenters. The lowest BCUT2D eigenvalue weighted by atomic mass is 9.86. The predicted molar refractivity (Wildman–Crippen MR) is 163 cm³/mol. The van der Waals surface area contributed by atoms with Crippen molar-refractivity contribution >= 4 is 5.97 Å². The molecule has 0 bridgehead atoms. The summed E-state index contributed by atoms with van der Waals surface area (Å²) in [7, 11) is 0. The van der Waals surface area contributed by atoms with Gasteiger partial charge in [0, 0.05) is 11.1 Å². The Labute approximate surface area is 233 Å². The van der Waals surface area contributed by atoms with Crippen molar-refractivity contribution in [2.45, 2.75) is 65.2 Å². The predicted octanol–water partition coefficient (Wildman–Crippen LogP) is 10.2. The Morgan fingerprint density at radius 3 is 2.00 bits per heavy atom. The quantitative estimate of drug-likeness (QED) is 0.168. The van der Waals surface area contributed by atoms with Gasteiger partial charge in [-0.05, 0) is 53.8 Å². The summed E-state index contributed by atoms with van der Waals surface area (Å²) in [6, 6.07) is 30.3. The molecule has 0 spiro atoms. The molecule has 0 radical (unpaired) electrons. The summed E-state index contributed by atoms with van der Waals surface area (Å²) in [5.74, 6) is -0.0955. The number of ether oxygens (including phenoxy) is 1. The van der Waals surface area contributed by atoms with E-state index >= 15 is 0 Å². The Bertz CT molecular complexity index is 1340. The van der Waals surface area contributed by atoms with Gasteiger partial charge in [-0.15, -0.1) is 0 Å². The summed E-state index contributed by atoms with van der Waals surface area (Å²) in [5, 5.41) is 9.48. The average molecular weight is 521 g/mol. The molecule has 0 aliphatic carbocycles. The minimum absolute atomic E-state index is 0.275. The van der Waals surface area contributed by atoms with Gasteiger partial charge in [0.05, 0.1) is 12.2 Å². The van der Waals surface area contributed by atoms with Crippen LogP contribution in [-0.2, 0) is 0 Å². The smallest absolute Gasteiger partial charge is 0.335 e. The Balaban J connectivity index is 1.71. The zero-order valence-corrected chi connectivity index (χ0v) is 23.3. The Morgan fingerprint density at radius 1 is 0.667 bits per heavy atom. The molecule has 3 nitrogen and oxygen atoms in total. The number of carboxylic acids is 1. The SMILES string of the molecule is CCCCCCCCCCOc1ccc(-c2ccccc2)c(-c2cccc(C)c2)c1-c1ccc(C(=O)O)cc1. The van der Waals surface area contributed by atoms with Gasteiger partial charge in [0.25, 0.3) is 0 Å². The van der Waals surface area contributed by atoms with E-state index in [-0.39, 0.29) is 5.56 Å². The van der Waals surface area contributed by atoms with Crippen LogP contribution in [0.1, 0.15) is 74.2 Å². The maximum atomic E-state index is 11.6. The zero-order chi connectivity index (χ0) is 27.5. The second-order valence-corrected chi connectivity index (χ2v) is 10.3. The van der Waals surface area contributed by atoms with Crippen molar-refractivity contribution in [1.82, 2.24) is 0 Å². The average Bonchev–Trinajstić information content (AvgIpc) is 2.96. The third-order valence-corrected chi connectivity index (χ3v) is 7.23. The van der Waals surface area contributed by atoms with Crippen molar-refractivity contribution in [3.63, 3.8) is 0 Å². The van der Waals surface area contributed by atoms with Crippen LogP contribution in [0.25, 0.3) is 33.4 Å². The molecule has 3 heteroatoms. The number of hydrogen-bond acceptors (Lipinski definition) is 2. The third-order valence-electron chi connectivity index (χ3n) is 7.23. The normalized spacial score (nSPS) is 10.9. The fourth-order valence-electron chi connectivity index (χ4n) is 5.15. The van der Waals surface area contributed by atoms with Crippen LogP contribution < -0.4 is 4.74 Å². The van der Waals surface area contributed by atoms with Gasteiger partial charge in [0.1, 0.15) is 5.75 Å². The van der Waals surface area contributed by atoms with Crippen molar-refractivity contribution in [1.29, 1.82) is 0 Å². The highest BCUT2D eigenvalue weighted by Gasteiger charge is 2.20. The number of rotatable bonds is 14. The first-order chi connectivity index (χ1) is 19.1. The van der Waals surface area contributed by atoms with E-state index in [2.05, 4.69) is 74.5 Å². The standard InChI is InChI=1S/C36H40O3/c1-3-4-5-6-7-8-9-13-25-39-33-24-23-32(28-16-11-10-12-17-28)34(31-18-14-15-27(2)26-31)35(33)29-19-21-30(22-20-29)36(37)38/h10-12,14-24,26H,3-9,13,25H2,1-2H3,(H,37,38). The molecular formula is C36H40O3. The van der Waals surface area contributed by atoms with E-state index in [4.69, 9.17) is 4.74 Å². The molecule has 1 N–H and O–H groups in total. The number of carbonyl (C=O) groups is 1. The molecule has 39 heavy (non-hydrogen) atoms. The highest BCUT2D eigenvalue weighted by Crippen LogP contribution is 2.45. The van der Waals surface area contributed by atoms with Crippen molar-refractivity contribution in [3.8, 4) is 39.1 Å². The summed E-state index contributed by atoms with van der Waals surface area (Å²) >= 11 is 0. The second kappa shape index (κ2) is 14.3. The minimum Gasteiger partial charge on any atom is -0.493 e. The van der Waals surface area contributed by atoms with Crippen LogP contribution in [0, 0.1) is 6.92 Å². The molecule has 0 unspecified atom stereocenters. The van der Waals surface area contributed by atoms with Gasteiger partial charge in [-0.25, -0.2) is 4.79 Å². The third kappa shape index (κ3) is 7.60. The summed E-state index contributed by atoms with van der Waals surface area (Å²) in [6.07, 6.45) is 10.0. The van der Waals surface area contributed by atoms with Crippen LogP contribution in [0.15, 0.2) is 91.0 Å². The zero-order valence-electron chi connectivity index (χ0n) is 23.3. The number of carboxylic acid groups (broad SMARTS) is 1. The van der Waals surface area contributed by atoms with Crippen LogP contribution in [0.2, 0.25) is 0 Å². The van der Waals surface area contributed by atoms with Crippen molar-refractivity contribution in [2.75, 3.05) is 6.61 Å². The molecule has 0 saturated heterocycles. The molecule has 4 rings (SSSR count). The fourth-order valence-corrected chi connectivity index (χ4v) is 5.15. The van der Waals surface area contributed by atoms with Gasteiger partial charge in [0.2, 0.25) is 0 Å². The molecule has 0 saturated carbocycles. The summed E-state index contributed by atoms with van der Waals surface area (Å²) in [4.78, 5) is 11.6. The maximum absolute atomic E-state index is 11.6. The molecule has 0 amide bonds. The van der Waals surface area contributed by atoms with E-state index in [1.807, 2.05) is 18.2 Å². The van der Waals surface area contributed by atoms with Crippen LogP contribution in [0.5, 0.6) is 5.75 Å². The van der Waals surface area contributed by atoms with Gasteiger partial charge in [-0.1, -0.05) is 130 Å². The van der Waals surface area contributed by atoms with Crippen LogP contribution in [-0.4, -0.2) is 17.7 Å². The van der Waals surface area contributed by atoms with Gasteiger partial charge >= 0.3 is 5.97 Å². The van der Waals surface area contributed by atoms with Gasteiger partial charge in [-0.2, -0.15) is 0 Å². The highest BCUT2D eigenvalue weighted by molar-refractivity contribution is 5.98. The van der Waals surface area contributed by atoms with Gasteiger partial charge < -0.3 is 9.84 Å². The lowest BCUT2D eigenvalue weighted by Crippen LogP contribution is -2.02. The number of aromatic carboxylic acids is 1. The lowest BCUT2D eigenvalue weighted by molar-refractivity contribution is 0.0697. The van der Waals surface area contributed by atoms with Crippen molar-refractivity contribution in [2.24, 2.45) is 0 Å². The molecule has 202 valence electrons. The molecule has 0 heterocycles. The topological polar surface area (TPSA) is 46.5 Å². The first-order valence-corrected chi connectivity index (χ1v) is 14.3. The van der Waals surface area contributed by atoms with E-state index in [1.165, 1.54) is 50.5 Å². The molecule has 0 aliphatic heterocycles. The highest BCUT2D eigenvalue weighted by atomic mass is 16.5. The molecule has 0 aromatic heterocycles. The Hall–Kier alpha value is -3.85.